The summed E-state index contributed by atoms with van der Waals surface area (Å²) in [6, 6.07) is 0.0894. The number of alkyl halides is 1. The zero-order valence-electron chi connectivity index (χ0n) is 14.4. The Balaban J connectivity index is 1.57. The Bertz CT molecular complexity index is 490. The van der Waals surface area contributed by atoms with Gasteiger partial charge in [0.15, 0.2) is 6.61 Å². The topological polar surface area (TPSA) is 55.4 Å². The van der Waals surface area contributed by atoms with Crippen molar-refractivity contribution < 1.29 is 14.3 Å². The number of nitrogens with one attached hydrogen (secondary N) is 1. The molecule has 5 atom stereocenters. The normalized spacial score (nSPS) is 39.3. The van der Waals surface area contributed by atoms with Crippen LogP contribution in [0.5, 0.6) is 0 Å². The third kappa shape index (κ3) is 3.45. The molecule has 4 nitrogen and oxygen atoms in total. The van der Waals surface area contributed by atoms with E-state index in [0.29, 0.717) is 17.8 Å². The highest BCUT2D eigenvalue weighted by atomic mass is 79.9. The molecule has 4 bridgehead atoms. The van der Waals surface area contributed by atoms with Crippen molar-refractivity contribution in [1.29, 1.82) is 0 Å². The minimum Gasteiger partial charge on any atom is -0.455 e. The Morgan fingerprint density at radius 3 is 2.30 bits per heavy atom. The summed E-state index contributed by atoms with van der Waals surface area (Å²) in [4.78, 5) is 24.7. The SMILES string of the molecule is CC(C)[C@@H](C)NC(=O)COC(=O)C12C[C@@H]3C[C@@H](CC(Br)(C3)C1)C2. The van der Waals surface area contributed by atoms with E-state index >= 15 is 0 Å². The first-order chi connectivity index (χ1) is 10.7. The standard InChI is InChI=1S/C18H28BrNO3/c1-11(2)12(3)20-15(21)9-23-16(22)17-5-13-4-14(6-17)8-18(19,7-13)10-17/h11-14H,4-10H2,1-3H3,(H,20,21)/t12-,13-,14+,17?,18?/m1/s1. The summed E-state index contributed by atoms with van der Waals surface area (Å²) < 4.78 is 5.57. The van der Waals surface area contributed by atoms with Gasteiger partial charge in [-0.3, -0.25) is 9.59 Å². The molecule has 1 amide bonds. The molecule has 0 saturated heterocycles. The van der Waals surface area contributed by atoms with Gasteiger partial charge < -0.3 is 10.1 Å². The van der Waals surface area contributed by atoms with Gasteiger partial charge in [-0.15, -0.1) is 0 Å². The highest BCUT2D eigenvalue weighted by molar-refractivity contribution is 9.10. The van der Waals surface area contributed by atoms with Crippen molar-refractivity contribution in [3.8, 4) is 0 Å². The van der Waals surface area contributed by atoms with Crippen molar-refractivity contribution >= 4 is 27.8 Å². The number of hydrogen-bond acceptors (Lipinski definition) is 3. The van der Waals surface area contributed by atoms with Crippen LogP contribution in [0.4, 0.5) is 0 Å². The minimum absolute atomic E-state index is 0.0894. The molecule has 0 aromatic carbocycles. The van der Waals surface area contributed by atoms with E-state index in [0.717, 1.165) is 19.3 Å². The third-order valence-electron chi connectivity index (χ3n) is 6.15. The highest BCUT2D eigenvalue weighted by Crippen LogP contribution is 2.64. The van der Waals surface area contributed by atoms with Gasteiger partial charge in [0.05, 0.1) is 5.41 Å². The summed E-state index contributed by atoms with van der Waals surface area (Å²) in [6.45, 7) is 5.93. The summed E-state index contributed by atoms with van der Waals surface area (Å²) in [5, 5.41) is 2.89. The van der Waals surface area contributed by atoms with Gasteiger partial charge in [0.25, 0.3) is 5.91 Å². The molecule has 4 fully saturated rings. The van der Waals surface area contributed by atoms with Crippen molar-refractivity contribution in [2.75, 3.05) is 6.61 Å². The van der Waals surface area contributed by atoms with Crippen LogP contribution >= 0.6 is 15.9 Å². The molecule has 0 heterocycles. The largest absolute Gasteiger partial charge is 0.455 e. The fourth-order valence-corrected chi connectivity index (χ4v) is 6.59. The first kappa shape index (κ1) is 17.2. The van der Waals surface area contributed by atoms with Crippen molar-refractivity contribution in [2.24, 2.45) is 23.2 Å². The summed E-state index contributed by atoms with van der Waals surface area (Å²) in [7, 11) is 0. The molecule has 0 aromatic heterocycles. The molecule has 4 aliphatic rings. The predicted molar refractivity (Wildman–Crippen MR) is 92.2 cm³/mol. The van der Waals surface area contributed by atoms with Gasteiger partial charge in [-0.05, 0) is 63.2 Å². The van der Waals surface area contributed by atoms with E-state index in [9.17, 15) is 9.59 Å². The second-order valence-electron chi connectivity index (χ2n) is 8.57. The number of halogens is 1. The van der Waals surface area contributed by atoms with Gasteiger partial charge in [-0.25, -0.2) is 0 Å². The van der Waals surface area contributed by atoms with Gasteiger partial charge in [-0.1, -0.05) is 29.8 Å². The van der Waals surface area contributed by atoms with E-state index in [4.69, 9.17) is 4.74 Å². The molecule has 0 radical (unpaired) electrons. The molecule has 1 N–H and O–H groups in total. The molecule has 4 saturated carbocycles. The van der Waals surface area contributed by atoms with E-state index in [1.54, 1.807) is 0 Å². The summed E-state index contributed by atoms with van der Waals surface area (Å²) in [5.74, 6) is 1.29. The zero-order valence-corrected chi connectivity index (χ0v) is 15.9. The van der Waals surface area contributed by atoms with E-state index in [1.807, 2.05) is 6.92 Å². The summed E-state index contributed by atoms with van der Waals surface area (Å²) in [5.41, 5.74) is -0.350. The van der Waals surface area contributed by atoms with Gasteiger partial charge in [0, 0.05) is 10.4 Å². The number of rotatable bonds is 5. The predicted octanol–water partition coefficient (Wildman–Crippen LogP) is 3.42. The lowest BCUT2D eigenvalue weighted by atomic mass is 9.49. The Hall–Kier alpha value is -0.580. The van der Waals surface area contributed by atoms with Crippen LogP contribution in [0.1, 0.15) is 59.3 Å². The lowest BCUT2D eigenvalue weighted by Crippen LogP contribution is -2.56. The average molecular weight is 386 g/mol. The van der Waals surface area contributed by atoms with Crippen LogP contribution in [0.25, 0.3) is 0 Å². The van der Waals surface area contributed by atoms with Gasteiger partial charge in [0.2, 0.25) is 0 Å². The van der Waals surface area contributed by atoms with Gasteiger partial charge >= 0.3 is 5.97 Å². The van der Waals surface area contributed by atoms with Crippen molar-refractivity contribution in [2.45, 2.75) is 69.7 Å². The van der Waals surface area contributed by atoms with E-state index in [2.05, 4.69) is 35.1 Å². The fraction of sp³-hybridized carbons (Fsp3) is 0.889. The molecule has 23 heavy (non-hydrogen) atoms. The van der Waals surface area contributed by atoms with Crippen LogP contribution in [-0.2, 0) is 14.3 Å². The second-order valence-corrected chi connectivity index (χ2v) is 10.3. The molecule has 4 rings (SSSR count). The molecule has 130 valence electrons. The number of ether oxygens (including phenoxy) is 1. The average Bonchev–Trinajstić information content (AvgIpc) is 2.41. The van der Waals surface area contributed by atoms with Gasteiger partial charge in [-0.2, -0.15) is 0 Å². The fourth-order valence-electron chi connectivity index (χ4n) is 5.14. The maximum Gasteiger partial charge on any atom is 0.312 e. The maximum absolute atomic E-state index is 12.7. The molecule has 0 aliphatic heterocycles. The summed E-state index contributed by atoms with van der Waals surface area (Å²) >= 11 is 3.90. The number of amides is 1. The van der Waals surface area contributed by atoms with Crippen LogP contribution in [0.3, 0.4) is 0 Å². The monoisotopic (exact) mass is 385 g/mol. The van der Waals surface area contributed by atoms with Crippen LogP contribution in [0.15, 0.2) is 0 Å². The molecular weight excluding hydrogens is 358 g/mol. The van der Waals surface area contributed by atoms with Crippen LogP contribution in [-0.4, -0.2) is 28.8 Å². The number of carbonyl (C=O) groups excluding carboxylic acids is 2. The smallest absolute Gasteiger partial charge is 0.312 e. The number of carbonyl (C=O) groups is 2. The Morgan fingerprint density at radius 2 is 1.78 bits per heavy atom. The quantitative estimate of drug-likeness (QED) is 0.582. The molecule has 5 heteroatoms. The van der Waals surface area contributed by atoms with E-state index in [1.165, 1.54) is 19.3 Å². The Kier molecular flexibility index (Phi) is 4.54. The lowest BCUT2D eigenvalue weighted by molar-refractivity contribution is -0.171. The first-order valence-electron chi connectivity index (χ1n) is 8.87. The molecule has 0 spiro atoms. The Morgan fingerprint density at radius 1 is 1.17 bits per heavy atom. The second kappa shape index (κ2) is 6.05. The molecular formula is C18H28BrNO3. The maximum atomic E-state index is 12.7. The molecule has 2 unspecified atom stereocenters. The first-order valence-corrected chi connectivity index (χ1v) is 9.66. The summed E-state index contributed by atoms with van der Waals surface area (Å²) in [6.07, 6.45) is 6.39. The van der Waals surface area contributed by atoms with Crippen molar-refractivity contribution in [1.82, 2.24) is 5.32 Å². The van der Waals surface area contributed by atoms with Crippen LogP contribution in [0, 0.1) is 23.2 Å². The van der Waals surface area contributed by atoms with Crippen molar-refractivity contribution in [3.05, 3.63) is 0 Å². The Labute approximate surface area is 147 Å². The van der Waals surface area contributed by atoms with Gasteiger partial charge in [0.1, 0.15) is 0 Å². The highest BCUT2D eigenvalue weighted by Gasteiger charge is 2.60. The van der Waals surface area contributed by atoms with E-state index < -0.39 is 0 Å². The zero-order chi connectivity index (χ0) is 16.8. The molecule has 4 aliphatic carbocycles. The molecule has 0 aromatic rings. The number of esters is 1. The van der Waals surface area contributed by atoms with Crippen LogP contribution < -0.4 is 5.32 Å². The minimum atomic E-state index is -0.350. The van der Waals surface area contributed by atoms with E-state index in [-0.39, 0.29) is 34.3 Å². The third-order valence-corrected chi connectivity index (χ3v) is 7.07. The lowest BCUT2D eigenvalue weighted by Gasteiger charge is -2.58. The van der Waals surface area contributed by atoms with Crippen molar-refractivity contribution in [3.63, 3.8) is 0 Å². The number of hydrogen-bond donors (Lipinski definition) is 1. The van der Waals surface area contributed by atoms with Crippen LogP contribution in [0.2, 0.25) is 0 Å².